The van der Waals surface area contributed by atoms with E-state index in [2.05, 4.69) is 20.2 Å². The lowest BCUT2D eigenvalue weighted by Gasteiger charge is -2.07. The number of aromatic amines is 2. The average Bonchev–Trinajstić information content (AvgIpc) is 3.31. The van der Waals surface area contributed by atoms with E-state index in [0.29, 0.717) is 17.3 Å². The standard InChI is InChI=1S/C21H17N5O2/c1-28-19-9-12(3-7-18(19)27)11-2-5-14-16(8-11)25-26-20(14)21-23-15-6-4-13(22)10-17(15)24-21/h2-10,27H,22H2,1H3,(H,23,24)(H,25,26). The Balaban J connectivity index is 1.59. The average molecular weight is 371 g/mol. The summed E-state index contributed by atoms with van der Waals surface area (Å²) < 4.78 is 5.20. The van der Waals surface area contributed by atoms with Gasteiger partial charge in [0.1, 0.15) is 5.69 Å². The Kier molecular flexibility index (Phi) is 3.48. The van der Waals surface area contributed by atoms with E-state index >= 15 is 0 Å². The van der Waals surface area contributed by atoms with Gasteiger partial charge in [-0.2, -0.15) is 5.10 Å². The van der Waals surface area contributed by atoms with Crippen molar-refractivity contribution in [3.63, 3.8) is 0 Å². The maximum Gasteiger partial charge on any atom is 0.161 e. The van der Waals surface area contributed by atoms with Crippen molar-refractivity contribution in [2.24, 2.45) is 0 Å². The molecule has 0 amide bonds. The van der Waals surface area contributed by atoms with E-state index in [1.807, 2.05) is 42.5 Å². The molecule has 7 heteroatoms. The normalized spacial score (nSPS) is 11.3. The summed E-state index contributed by atoms with van der Waals surface area (Å²) in [6, 6.07) is 16.9. The number of nitrogens with zero attached hydrogens (tertiary/aromatic N) is 2. The molecule has 0 saturated heterocycles. The SMILES string of the molecule is COc1cc(-c2ccc3c(-c4nc5ccc(N)cc5[nH]4)n[nH]c3c2)ccc1O. The summed E-state index contributed by atoms with van der Waals surface area (Å²) in [5.74, 6) is 1.23. The second kappa shape index (κ2) is 6.02. The number of aromatic nitrogens is 4. The van der Waals surface area contributed by atoms with Crippen LogP contribution in [0.3, 0.4) is 0 Å². The van der Waals surface area contributed by atoms with E-state index in [0.717, 1.165) is 38.8 Å². The van der Waals surface area contributed by atoms with Gasteiger partial charge in [-0.25, -0.2) is 4.98 Å². The van der Waals surface area contributed by atoms with Gasteiger partial charge in [-0.15, -0.1) is 0 Å². The molecule has 0 aliphatic rings. The zero-order valence-electron chi connectivity index (χ0n) is 15.0. The first-order valence-corrected chi connectivity index (χ1v) is 8.73. The molecule has 5 N–H and O–H groups in total. The minimum Gasteiger partial charge on any atom is -0.504 e. The molecule has 0 radical (unpaired) electrons. The molecule has 5 rings (SSSR count). The molecule has 5 aromatic rings. The number of phenols is 1. The number of hydrogen-bond donors (Lipinski definition) is 4. The van der Waals surface area contributed by atoms with Gasteiger partial charge in [-0.1, -0.05) is 12.1 Å². The van der Waals surface area contributed by atoms with E-state index in [1.165, 1.54) is 7.11 Å². The quantitative estimate of drug-likeness (QED) is 0.357. The summed E-state index contributed by atoms with van der Waals surface area (Å²) in [5, 5.41) is 18.3. The zero-order valence-corrected chi connectivity index (χ0v) is 15.0. The van der Waals surface area contributed by atoms with Crippen LogP contribution in [0.15, 0.2) is 54.6 Å². The van der Waals surface area contributed by atoms with Crippen LogP contribution in [-0.4, -0.2) is 32.4 Å². The molecule has 2 aromatic heterocycles. The van der Waals surface area contributed by atoms with Gasteiger partial charge in [0.25, 0.3) is 0 Å². The topological polar surface area (TPSA) is 113 Å². The molecule has 28 heavy (non-hydrogen) atoms. The van der Waals surface area contributed by atoms with Crippen LogP contribution >= 0.6 is 0 Å². The Hall–Kier alpha value is -4.00. The second-order valence-electron chi connectivity index (χ2n) is 6.58. The molecule has 0 atom stereocenters. The zero-order chi connectivity index (χ0) is 19.3. The highest BCUT2D eigenvalue weighted by molar-refractivity contribution is 5.95. The van der Waals surface area contributed by atoms with E-state index in [-0.39, 0.29) is 5.75 Å². The highest BCUT2D eigenvalue weighted by atomic mass is 16.5. The van der Waals surface area contributed by atoms with Gasteiger partial charge in [-0.3, -0.25) is 5.10 Å². The van der Waals surface area contributed by atoms with Crippen LogP contribution < -0.4 is 10.5 Å². The minimum atomic E-state index is 0.113. The molecular weight excluding hydrogens is 354 g/mol. The van der Waals surface area contributed by atoms with E-state index in [4.69, 9.17) is 10.5 Å². The smallest absolute Gasteiger partial charge is 0.161 e. The lowest BCUT2D eigenvalue weighted by atomic mass is 10.0. The number of aromatic hydroxyl groups is 1. The first-order valence-electron chi connectivity index (χ1n) is 8.73. The Morgan fingerprint density at radius 3 is 2.64 bits per heavy atom. The highest BCUT2D eigenvalue weighted by Gasteiger charge is 2.14. The summed E-state index contributed by atoms with van der Waals surface area (Å²) in [5.41, 5.74) is 11.8. The number of nitrogen functional groups attached to an aromatic ring is 1. The van der Waals surface area contributed by atoms with E-state index in [9.17, 15) is 5.11 Å². The Labute approximate surface area is 159 Å². The molecule has 3 aromatic carbocycles. The first kappa shape index (κ1) is 16.2. The van der Waals surface area contributed by atoms with Gasteiger partial charge in [0.2, 0.25) is 0 Å². The molecule has 0 bridgehead atoms. The van der Waals surface area contributed by atoms with Crippen molar-refractivity contribution < 1.29 is 9.84 Å². The molecule has 0 fully saturated rings. The number of methoxy groups -OCH3 is 1. The van der Waals surface area contributed by atoms with Gasteiger partial charge in [0, 0.05) is 11.1 Å². The third-order valence-corrected chi connectivity index (χ3v) is 4.81. The third kappa shape index (κ3) is 2.52. The monoisotopic (exact) mass is 371 g/mol. The van der Waals surface area contributed by atoms with Crippen LogP contribution in [0.4, 0.5) is 5.69 Å². The van der Waals surface area contributed by atoms with Gasteiger partial charge in [0.15, 0.2) is 17.3 Å². The predicted molar refractivity (Wildman–Crippen MR) is 109 cm³/mol. The molecule has 7 nitrogen and oxygen atoms in total. The molecule has 0 aliphatic carbocycles. The number of anilines is 1. The van der Waals surface area contributed by atoms with Crippen molar-refractivity contribution in [2.75, 3.05) is 12.8 Å². The Bertz CT molecular complexity index is 1340. The number of benzene rings is 3. The number of fused-ring (bicyclic) bond motifs is 2. The van der Waals surface area contributed by atoms with Crippen molar-refractivity contribution in [3.05, 3.63) is 54.6 Å². The van der Waals surface area contributed by atoms with Crippen LogP contribution in [0.25, 0.3) is 44.6 Å². The van der Waals surface area contributed by atoms with Crippen molar-refractivity contribution in [1.82, 2.24) is 20.2 Å². The maximum absolute atomic E-state index is 9.80. The molecular formula is C21H17N5O2. The fraction of sp³-hybridized carbons (Fsp3) is 0.0476. The fourth-order valence-corrected chi connectivity index (χ4v) is 3.38. The largest absolute Gasteiger partial charge is 0.504 e. The van der Waals surface area contributed by atoms with Crippen molar-refractivity contribution in [2.45, 2.75) is 0 Å². The molecule has 2 heterocycles. The van der Waals surface area contributed by atoms with Crippen LogP contribution in [0, 0.1) is 0 Å². The number of imidazole rings is 1. The molecule has 0 spiro atoms. The predicted octanol–water partition coefficient (Wildman–Crippen LogP) is 4.07. The molecule has 0 aliphatic heterocycles. The van der Waals surface area contributed by atoms with Crippen LogP contribution in [0.2, 0.25) is 0 Å². The van der Waals surface area contributed by atoms with Crippen molar-refractivity contribution >= 4 is 27.6 Å². The molecule has 0 saturated carbocycles. The number of rotatable bonds is 3. The second-order valence-corrected chi connectivity index (χ2v) is 6.58. The highest BCUT2D eigenvalue weighted by Crippen LogP contribution is 2.34. The van der Waals surface area contributed by atoms with Crippen molar-refractivity contribution in [1.29, 1.82) is 0 Å². The summed E-state index contributed by atoms with van der Waals surface area (Å²) in [7, 11) is 1.53. The Morgan fingerprint density at radius 1 is 0.964 bits per heavy atom. The van der Waals surface area contributed by atoms with Gasteiger partial charge in [-0.05, 0) is 53.6 Å². The number of nitrogens with one attached hydrogen (secondary N) is 2. The summed E-state index contributed by atoms with van der Waals surface area (Å²) in [6.45, 7) is 0. The van der Waals surface area contributed by atoms with Crippen molar-refractivity contribution in [3.8, 4) is 34.1 Å². The summed E-state index contributed by atoms with van der Waals surface area (Å²) >= 11 is 0. The van der Waals surface area contributed by atoms with Crippen LogP contribution in [0.5, 0.6) is 11.5 Å². The van der Waals surface area contributed by atoms with Crippen LogP contribution in [0.1, 0.15) is 0 Å². The maximum atomic E-state index is 9.80. The Morgan fingerprint density at radius 2 is 1.79 bits per heavy atom. The fourth-order valence-electron chi connectivity index (χ4n) is 3.38. The van der Waals surface area contributed by atoms with E-state index < -0.39 is 0 Å². The minimum absolute atomic E-state index is 0.113. The number of hydrogen-bond acceptors (Lipinski definition) is 5. The third-order valence-electron chi connectivity index (χ3n) is 4.81. The van der Waals surface area contributed by atoms with Crippen LogP contribution in [-0.2, 0) is 0 Å². The number of phenolic OH excluding ortho intramolecular Hbond substituents is 1. The van der Waals surface area contributed by atoms with Gasteiger partial charge < -0.3 is 20.6 Å². The summed E-state index contributed by atoms with van der Waals surface area (Å²) in [6.07, 6.45) is 0. The van der Waals surface area contributed by atoms with Gasteiger partial charge >= 0.3 is 0 Å². The number of ether oxygens (including phenoxy) is 1. The molecule has 0 unspecified atom stereocenters. The van der Waals surface area contributed by atoms with Gasteiger partial charge in [0.05, 0.1) is 23.7 Å². The first-order chi connectivity index (χ1) is 13.6. The lowest BCUT2D eigenvalue weighted by Crippen LogP contribution is -1.85. The summed E-state index contributed by atoms with van der Waals surface area (Å²) in [4.78, 5) is 7.90. The number of nitrogens with two attached hydrogens (primary N) is 1. The van der Waals surface area contributed by atoms with E-state index in [1.54, 1.807) is 12.1 Å². The number of H-pyrrole nitrogens is 2. The lowest BCUT2D eigenvalue weighted by molar-refractivity contribution is 0.373. The molecule has 138 valence electrons.